The summed E-state index contributed by atoms with van der Waals surface area (Å²) in [5.41, 5.74) is 1.34. The van der Waals surface area contributed by atoms with E-state index in [1.54, 1.807) is 6.07 Å². The fourth-order valence-corrected chi connectivity index (χ4v) is 4.76. The van der Waals surface area contributed by atoms with Crippen molar-refractivity contribution in [2.45, 2.75) is 44.3 Å². The van der Waals surface area contributed by atoms with Gasteiger partial charge in [-0.15, -0.1) is 0 Å². The fraction of sp³-hybridized carbons (Fsp3) is 0.370. The summed E-state index contributed by atoms with van der Waals surface area (Å²) >= 11 is 0. The van der Waals surface area contributed by atoms with Crippen molar-refractivity contribution in [1.29, 1.82) is 0 Å². The van der Waals surface area contributed by atoms with E-state index in [9.17, 15) is 18.0 Å². The molecule has 8 nitrogen and oxygen atoms in total. The first-order valence-corrected chi connectivity index (χ1v) is 12.3. The van der Waals surface area contributed by atoms with Gasteiger partial charge in [-0.25, -0.2) is 9.97 Å². The third kappa shape index (κ3) is 5.83. The van der Waals surface area contributed by atoms with Gasteiger partial charge in [0, 0.05) is 11.8 Å². The zero-order chi connectivity index (χ0) is 26.7. The van der Waals surface area contributed by atoms with E-state index in [4.69, 9.17) is 19.3 Å². The molecule has 0 spiro atoms. The van der Waals surface area contributed by atoms with E-state index in [0.717, 1.165) is 35.9 Å². The number of ether oxygens (including phenoxy) is 3. The first-order chi connectivity index (χ1) is 18.3. The minimum Gasteiger partial charge on any atom is -0.494 e. The number of aryl methyl sites for hydroxylation is 1. The number of carboxylic acids is 1. The predicted molar refractivity (Wildman–Crippen MR) is 130 cm³/mol. The van der Waals surface area contributed by atoms with Crippen LogP contribution in [-0.2, 0) is 23.9 Å². The maximum Gasteiger partial charge on any atom is 0.419 e. The summed E-state index contributed by atoms with van der Waals surface area (Å²) in [5.74, 6) is 1.08. The number of aliphatic carboxylic acids is 1. The highest BCUT2D eigenvalue weighted by Gasteiger charge is 2.35. The Balaban J connectivity index is 1.14. The van der Waals surface area contributed by atoms with Crippen LogP contribution in [0.3, 0.4) is 0 Å². The van der Waals surface area contributed by atoms with Crippen LogP contribution in [0.2, 0.25) is 0 Å². The number of rotatable bonds is 10. The fourth-order valence-electron chi connectivity index (χ4n) is 4.76. The van der Waals surface area contributed by atoms with Crippen molar-refractivity contribution >= 4 is 5.97 Å². The van der Waals surface area contributed by atoms with Crippen molar-refractivity contribution in [3.63, 3.8) is 0 Å². The van der Waals surface area contributed by atoms with Gasteiger partial charge in [0.1, 0.15) is 17.1 Å². The lowest BCUT2D eigenvalue weighted by Crippen LogP contribution is -2.20. The summed E-state index contributed by atoms with van der Waals surface area (Å²) in [6.07, 6.45) is -1.33. The van der Waals surface area contributed by atoms with E-state index >= 15 is 0 Å². The Bertz CT molecular complexity index is 1330. The number of hydrogen-bond acceptors (Lipinski definition) is 7. The van der Waals surface area contributed by atoms with Gasteiger partial charge in [-0.05, 0) is 73.2 Å². The SMILES string of the molecule is O=C(O)C[C@@H]1CCc2cc(OCCCNCc3ncc(C(F)(F)F)c(-c4ccc5c(c4)OCO5)n3)ccc21. The van der Waals surface area contributed by atoms with E-state index in [-0.39, 0.29) is 42.8 Å². The van der Waals surface area contributed by atoms with Gasteiger partial charge in [0.2, 0.25) is 6.79 Å². The molecule has 0 radical (unpaired) electrons. The Labute approximate surface area is 216 Å². The number of benzene rings is 2. The van der Waals surface area contributed by atoms with Crippen molar-refractivity contribution < 1.29 is 37.3 Å². The van der Waals surface area contributed by atoms with Gasteiger partial charge in [0.15, 0.2) is 11.5 Å². The number of fused-ring (bicyclic) bond motifs is 2. The molecular formula is C27H26F3N3O5. The van der Waals surface area contributed by atoms with Gasteiger partial charge in [-0.1, -0.05) is 6.07 Å². The monoisotopic (exact) mass is 529 g/mol. The molecule has 0 unspecified atom stereocenters. The van der Waals surface area contributed by atoms with Gasteiger partial charge >= 0.3 is 12.1 Å². The van der Waals surface area contributed by atoms with Crippen LogP contribution < -0.4 is 19.5 Å². The molecule has 200 valence electrons. The smallest absolute Gasteiger partial charge is 0.419 e. The Morgan fingerprint density at radius 2 is 2.00 bits per heavy atom. The maximum absolute atomic E-state index is 13.6. The van der Waals surface area contributed by atoms with Gasteiger partial charge in [-0.3, -0.25) is 4.79 Å². The van der Waals surface area contributed by atoms with Crippen LogP contribution in [0.5, 0.6) is 17.2 Å². The largest absolute Gasteiger partial charge is 0.494 e. The standard InChI is InChI=1S/C27H26F3N3O5/c28-27(29,30)21-13-32-24(33-26(21)18-4-7-22-23(11-18)38-15-37-22)14-31-8-1-9-36-19-5-6-20-16(10-19)2-3-17(20)12-25(34)35/h4-7,10-11,13,17,31H,1-3,8-9,12,14-15H2,(H,34,35)/t17-/m0/s1. The van der Waals surface area contributed by atoms with Crippen LogP contribution in [0.4, 0.5) is 13.2 Å². The van der Waals surface area contributed by atoms with Crippen LogP contribution in [0.25, 0.3) is 11.3 Å². The molecule has 0 fully saturated rings. The van der Waals surface area contributed by atoms with Crippen LogP contribution in [-0.4, -0.2) is 41.0 Å². The van der Waals surface area contributed by atoms with E-state index in [2.05, 4.69) is 15.3 Å². The topological polar surface area (TPSA) is 103 Å². The van der Waals surface area contributed by atoms with E-state index in [1.165, 1.54) is 12.1 Å². The van der Waals surface area contributed by atoms with Gasteiger partial charge in [0.25, 0.3) is 0 Å². The highest BCUT2D eigenvalue weighted by Crippen LogP contribution is 2.40. The second kappa shape index (κ2) is 10.9. The Kier molecular flexibility index (Phi) is 7.37. The number of nitrogens with zero attached hydrogens (tertiary/aromatic N) is 2. The number of nitrogens with one attached hydrogen (secondary N) is 1. The molecule has 5 rings (SSSR count). The molecule has 2 N–H and O–H groups in total. The summed E-state index contributed by atoms with van der Waals surface area (Å²) in [7, 11) is 0. The minimum atomic E-state index is -4.61. The third-order valence-electron chi connectivity index (χ3n) is 6.58. The van der Waals surface area contributed by atoms with Gasteiger partial charge < -0.3 is 24.6 Å². The number of carboxylic acid groups (broad SMARTS) is 1. The molecule has 38 heavy (non-hydrogen) atoms. The molecule has 2 aliphatic rings. The zero-order valence-corrected chi connectivity index (χ0v) is 20.4. The Hall–Kier alpha value is -3.86. The second-order valence-electron chi connectivity index (χ2n) is 9.19. The summed E-state index contributed by atoms with van der Waals surface area (Å²) in [4.78, 5) is 19.1. The molecule has 1 aromatic heterocycles. The molecule has 0 amide bonds. The van der Waals surface area contributed by atoms with Crippen LogP contribution >= 0.6 is 0 Å². The van der Waals surface area contributed by atoms with Crippen molar-refractivity contribution in [3.05, 3.63) is 65.1 Å². The molecule has 1 aliphatic carbocycles. The minimum absolute atomic E-state index is 0.0211. The quantitative estimate of drug-likeness (QED) is 0.356. The lowest BCUT2D eigenvalue weighted by atomic mass is 9.98. The van der Waals surface area contributed by atoms with Crippen molar-refractivity contribution in [1.82, 2.24) is 15.3 Å². The number of carbonyl (C=O) groups is 1. The van der Waals surface area contributed by atoms with Crippen molar-refractivity contribution in [3.8, 4) is 28.5 Å². The van der Waals surface area contributed by atoms with E-state index in [0.29, 0.717) is 31.1 Å². The summed E-state index contributed by atoms with van der Waals surface area (Å²) in [6.45, 7) is 1.21. The number of halogens is 3. The van der Waals surface area contributed by atoms with Crippen molar-refractivity contribution in [2.75, 3.05) is 19.9 Å². The lowest BCUT2D eigenvalue weighted by Gasteiger charge is -2.14. The average Bonchev–Trinajstić information content (AvgIpc) is 3.51. The first kappa shape index (κ1) is 25.8. The maximum atomic E-state index is 13.6. The lowest BCUT2D eigenvalue weighted by molar-refractivity contribution is -0.138. The summed E-state index contributed by atoms with van der Waals surface area (Å²) < 4.78 is 57.2. The molecule has 11 heteroatoms. The van der Waals surface area contributed by atoms with Gasteiger partial charge in [0.05, 0.1) is 25.3 Å². The normalized spacial score (nSPS) is 15.9. The van der Waals surface area contributed by atoms with E-state index in [1.807, 2.05) is 18.2 Å². The van der Waals surface area contributed by atoms with Crippen LogP contribution in [0.15, 0.2) is 42.6 Å². The zero-order valence-electron chi connectivity index (χ0n) is 20.4. The average molecular weight is 530 g/mol. The summed E-state index contributed by atoms with van der Waals surface area (Å²) in [6, 6.07) is 10.3. The number of alkyl halides is 3. The Morgan fingerprint density at radius 1 is 1.16 bits per heavy atom. The summed E-state index contributed by atoms with van der Waals surface area (Å²) in [5, 5.41) is 12.2. The highest BCUT2D eigenvalue weighted by molar-refractivity contribution is 5.69. The molecule has 0 saturated carbocycles. The molecule has 0 saturated heterocycles. The molecular weight excluding hydrogens is 503 g/mol. The van der Waals surface area contributed by atoms with Crippen LogP contribution in [0.1, 0.15) is 47.7 Å². The molecule has 2 aromatic carbocycles. The Morgan fingerprint density at radius 3 is 2.82 bits per heavy atom. The molecule has 2 heterocycles. The van der Waals surface area contributed by atoms with Gasteiger partial charge in [-0.2, -0.15) is 13.2 Å². The highest BCUT2D eigenvalue weighted by atomic mass is 19.4. The molecule has 3 aromatic rings. The van der Waals surface area contributed by atoms with Crippen LogP contribution in [0, 0.1) is 0 Å². The molecule has 0 bridgehead atoms. The number of aromatic nitrogens is 2. The second-order valence-corrected chi connectivity index (χ2v) is 9.19. The predicted octanol–water partition coefficient (Wildman–Crippen LogP) is 4.95. The molecule has 1 atom stereocenters. The van der Waals surface area contributed by atoms with Crippen molar-refractivity contribution in [2.24, 2.45) is 0 Å². The van der Waals surface area contributed by atoms with E-state index < -0.39 is 17.7 Å². The third-order valence-corrected chi connectivity index (χ3v) is 6.58. The number of hydrogen-bond donors (Lipinski definition) is 2. The molecule has 1 aliphatic heterocycles. The first-order valence-electron chi connectivity index (χ1n) is 12.3.